The maximum absolute atomic E-state index is 11.2. The molecule has 0 aromatic heterocycles. The van der Waals surface area contributed by atoms with Crippen molar-refractivity contribution in [3.63, 3.8) is 0 Å². The van der Waals surface area contributed by atoms with Gasteiger partial charge in [-0.3, -0.25) is 9.59 Å². The smallest absolute Gasteiger partial charge is 0.326 e. The largest absolute Gasteiger partial charge is 0.491 e. The van der Waals surface area contributed by atoms with Gasteiger partial charge in [-0.25, -0.2) is 0 Å². The predicted octanol–water partition coefficient (Wildman–Crippen LogP) is 0.0603. The number of anilines is 1. The highest BCUT2D eigenvalue weighted by Gasteiger charge is 2.19. The van der Waals surface area contributed by atoms with E-state index < -0.39 is 12.0 Å². The van der Waals surface area contributed by atoms with Crippen molar-refractivity contribution in [1.29, 1.82) is 0 Å². The van der Waals surface area contributed by atoms with E-state index in [-0.39, 0.29) is 12.5 Å². The number of carbonyl (C=O) groups is 2. The molecule has 0 fully saturated rings. The average molecular weight is 250 g/mol. The van der Waals surface area contributed by atoms with Gasteiger partial charge in [-0.1, -0.05) is 0 Å². The Morgan fingerprint density at radius 1 is 1.56 bits per heavy atom. The SMILES string of the molecule is COC(=O)[C@@H](N)COc1ccc2c(c1)CC(=O)N2. The van der Waals surface area contributed by atoms with Gasteiger partial charge in [-0.05, 0) is 23.8 Å². The fraction of sp³-hybridized carbons (Fsp3) is 0.333. The molecule has 1 aliphatic heterocycles. The summed E-state index contributed by atoms with van der Waals surface area (Å²) in [6.07, 6.45) is 0.343. The number of nitrogens with one attached hydrogen (secondary N) is 1. The van der Waals surface area contributed by atoms with Crippen LogP contribution >= 0.6 is 0 Å². The molecule has 96 valence electrons. The second kappa shape index (κ2) is 5.05. The Morgan fingerprint density at radius 2 is 2.33 bits per heavy atom. The van der Waals surface area contributed by atoms with Crippen molar-refractivity contribution in [2.75, 3.05) is 19.0 Å². The standard InChI is InChI=1S/C12H14N2O4/c1-17-12(16)9(13)6-18-8-2-3-10-7(4-8)5-11(15)14-10/h2-4,9H,5-6,13H2,1H3,(H,14,15)/t9-/m0/s1. The van der Waals surface area contributed by atoms with Crippen LogP contribution in [0.3, 0.4) is 0 Å². The van der Waals surface area contributed by atoms with Gasteiger partial charge in [0.05, 0.1) is 13.5 Å². The third-order valence-electron chi connectivity index (χ3n) is 2.64. The van der Waals surface area contributed by atoms with E-state index in [1.54, 1.807) is 18.2 Å². The highest BCUT2D eigenvalue weighted by molar-refractivity contribution is 5.99. The molecule has 0 spiro atoms. The lowest BCUT2D eigenvalue weighted by Gasteiger charge is -2.11. The van der Waals surface area contributed by atoms with Crippen LogP contribution in [0.5, 0.6) is 5.75 Å². The highest BCUT2D eigenvalue weighted by atomic mass is 16.5. The van der Waals surface area contributed by atoms with Crippen molar-refractivity contribution in [3.8, 4) is 5.75 Å². The summed E-state index contributed by atoms with van der Waals surface area (Å²) >= 11 is 0. The zero-order chi connectivity index (χ0) is 13.1. The number of rotatable bonds is 4. The lowest BCUT2D eigenvalue weighted by molar-refractivity contribution is -0.142. The lowest BCUT2D eigenvalue weighted by atomic mass is 10.1. The lowest BCUT2D eigenvalue weighted by Crippen LogP contribution is -2.37. The zero-order valence-corrected chi connectivity index (χ0v) is 9.93. The zero-order valence-electron chi connectivity index (χ0n) is 9.93. The topological polar surface area (TPSA) is 90.7 Å². The van der Waals surface area contributed by atoms with Crippen LogP contribution in [0.2, 0.25) is 0 Å². The predicted molar refractivity (Wildman–Crippen MR) is 64.3 cm³/mol. The molecule has 2 rings (SSSR count). The minimum Gasteiger partial charge on any atom is -0.491 e. The Labute approximate surface area is 104 Å². The fourth-order valence-corrected chi connectivity index (χ4v) is 1.70. The molecule has 6 nitrogen and oxygen atoms in total. The molecule has 3 N–H and O–H groups in total. The number of hydrogen-bond acceptors (Lipinski definition) is 5. The molecular weight excluding hydrogens is 236 g/mol. The maximum atomic E-state index is 11.2. The molecule has 1 aromatic rings. The number of amides is 1. The van der Waals surface area contributed by atoms with E-state index in [1.807, 2.05) is 0 Å². The van der Waals surface area contributed by atoms with Gasteiger partial charge in [0.25, 0.3) is 0 Å². The van der Waals surface area contributed by atoms with E-state index in [9.17, 15) is 9.59 Å². The monoisotopic (exact) mass is 250 g/mol. The van der Waals surface area contributed by atoms with Crippen molar-refractivity contribution in [1.82, 2.24) is 0 Å². The maximum Gasteiger partial charge on any atom is 0.326 e. The number of fused-ring (bicyclic) bond motifs is 1. The Kier molecular flexibility index (Phi) is 3.47. The molecule has 0 aliphatic carbocycles. The first kappa shape index (κ1) is 12.4. The van der Waals surface area contributed by atoms with Gasteiger partial charge in [0, 0.05) is 5.69 Å². The number of methoxy groups -OCH3 is 1. The molecule has 1 aromatic carbocycles. The third kappa shape index (κ3) is 2.60. The van der Waals surface area contributed by atoms with E-state index in [2.05, 4.69) is 10.1 Å². The number of nitrogens with two attached hydrogens (primary N) is 1. The molecule has 0 radical (unpaired) electrons. The Balaban J connectivity index is 1.97. The van der Waals surface area contributed by atoms with Crippen LogP contribution in [0.15, 0.2) is 18.2 Å². The van der Waals surface area contributed by atoms with Crippen LogP contribution in [-0.4, -0.2) is 31.6 Å². The van der Waals surface area contributed by atoms with Crippen LogP contribution in [0.25, 0.3) is 0 Å². The molecule has 0 saturated carbocycles. The van der Waals surface area contributed by atoms with Gasteiger partial charge >= 0.3 is 5.97 Å². The second-order valence-corrected chi connectivity index (χ2v) is 3.98. The van der Waals surface area contributed by atoms with E-state index in [0.29, 0.717) is 12.2 Å². The minimum atomic E-state index is -0.817. The van der Waals surface area contributed by atoms with E-state index in [1.165, 1.54) is 7.11 Å². The van der Waals surface area contributed by atoms with Crippen LogP contribution in [0.1, 0.15) is 5.56 Å². The summed E-state index contributed by atoms with van der Waals surface area (Å²) < 4.78 is 9.88. The van der Waals surface area contributed by atoms with E-state index in [0.717, 1.165) is 11.3 Å². The van der Waals surface area contributed by atoms with Crippen LogP contribution in [0, 0.1) is 0 Å². The fourth-order valence-electron chi connectivity index (χ4n) is 1.70. The van der Waals surface area contributed by atoms with Crippen molar-refractivity contribution in [3.05, 3.63) is 23.8 Å². The van der Waals surface area contributed by atoms with Crippen LogP contribution in [0.4, 0.5) is 5.69 Å². The number of ether oxygens (including phenoxy) is 2. The molecule has 1 amide bonds. The summed E-state index contributed by atoms with van der Waals surface area (Å²) in [5.41, 5.74) is 7.22. The summed E-state index contributed by atoms with van der Waals surface area (Å²) in [5.74, 6) is 0.0195. The first-order valence-corrected chi connectivity index (χ1v) is 5.49. The van der Waals surface area contributed by atoms with Gasteiger partial charge in [0.2, 0.25) is 5.91 Å². The summed E-state index contributed by atoms with van der Waals surface area (Å²) in [5, 5.41) is 2.72. The molecule has 1 atom stereocenters. The first-order valence-electron chi connectivity index (χ1n) is 5.49. The summed E-state index contributed by atoms with van der Waals surface area (Å²) in [6.45, 7) is 0.0346. The van der Waals surface area contributed by atoms with Crippen molar-refractivity contribution < 1.29 is 19.1 Å². The minimum absolute atomic E-state index is 0.0339. The Hall–Kier alpha value is -2.08. The van der Waals surface area contributed by atoms with Gasteiger partial charge in [0.15, 0.2) is 0 Å². The van der Waals surface area contributed by atoms with Gasteiger partial charge in [0.1, 0.15) is 18.4 Å². The summed E-state index contributed by atoms with van der Waals surface area (Å²) in [7, 11) is 1.27. The molecule has 1 heterocycles. The summed E-state index contributed by atoms with van der Waals surface area (Å²) in [6, 6.07) is 4.42. The Bertz CT molecular complexity index is 487. The van der Waals surface area contributed by atoms with Crippen LogP contribution < -0.4 is 15.8 Å². The molecule has 18 heavy (non-hydrogen) atoms. The average Bonchev–Trinajstić information content (AvgIpc) is 2.74. The van der Waals surface area contributed by atoms with E-state index >= 15 is 0 Å². The number of esters is 1. The molecule has 1 aliphatic rings. The molecule has 0 bridgehead atoms. The quantitative estimate of drug-likeness (QED) is 0.737. The molecular formula is C12H14N2O4. The first-order chi connectivity index (χ1) is 8.60. The normalized spacial score (nSPS) is 14.7. The third-order valence-corrected chi connectivity index (χ3v) is 2.64. The number of carbonyl (C=O) groups excluding carboxylic acids is 2. The highest BCUT2D eigenvalue weighted by Crippen LogP contribution is 2.27. The van der Waals surface area contributed by atoms with Gasteiger partial charge in [-0.2, -0.15) is 0 Å². The van der Waals surface area contributed by atoms with E-state index in [4.69, 9.17) is 10.5 Å². The van der Waals surface area contributed by atoms with Crippen molar-refractivity contribution in [2.45, 2.75) is 12.5 Å². The van der Waals surface area contributed by atoms with Crippen molar-refractivity contribution in [2.24, 2.45) is 5.73 Å². The number of hydrogen-bond donors (Lipinski definition) is 2. The number of benzene rings is 1. The van der Waals surface area contributed by atoms with Crippen LogP contribution in [-0.2, 0) is 20.7 Å². The van der Waals surface area contributed by atoms with Crippen molar-refractivity contribution >= 4 is 17.6 Å². The molecule has 0 saturated heterocycles. The molecule has 6 heteroatoms. The van der Waals surface area contributed by atoms with Gasteiger partial charge in [-0.15, -0.1) is 0 Å². The molecule has 0 unspecified atom stereocenters. The summed E-state index contributed by atoms with van der Waals surface area (Å²) in [4.78, 5) is 22.3. The second-order valence-electron chi connectivity index (χ2n) is 3.98. The Morgan fingerprint density at radius 3 is 3.06 bits per heavy atom. The van der Waals surface area contributed by atoms with Gasteiger partial charge < -0.3 is 20.5 Å².